The highest BCUT2D eigenvalue weighted by atomic mass is 35.5. The van der Waals surface area contributed by atoms with Gasteiger partial charge in [-0.15, -0.1) is 0 Å². The molecule has 0 spiro atoms. The molecule has 0 aliphatic heterocycles. The average Bonchev–Trinajstić information content (AvgIpc) is 2.38. The van der Waals surface area contributed by atoms with Gasteiger partial charge in [0.05, 0.1) is 5.02 Å². The highest BCUT2D eigenvalue weighted by Gasteiger charge is 2.08. The van der Waals surface area contributed by atoms with Crippen LogP contribution in [0.2, 0.25) is 5.02 Å². The standard InChI is InChI=1S/C15H17ClN2O/c1-11-6-12(8-18-7-11)10-19-15-13(9-17-2)4-3-5-14(15)16/h3-8,17H,9-10H2,1-2H3. The first kappa shape index (κ1) is 13.8. The van der Waals surface area contributed by atoms with Crippen LogP contribution in [-0.4, -0.2) is 12.0 Å². The predicted molar refractivity (Wildman–Crippen MR) is 77.5 cm³/mol. The first-order valence-corrected chi connectivity index (χ1v) is 6.54. The summed E-state index contributed by atoms with van der Waals surface area (Å²) in [7, 11) is 1.90. The van der Waals surface area contributed by atoms with E-state index < -0.39 is 0 Å². The number of aromatic nitrogens is 1. The lowest BCUT2D eigenvalue weighted by Crippen LogP contribution is -2.08. The quantitative estimate of drug-likeness (QED) is 0.909. The van der Waals surface area contributed by atoms with Crippen LogP contribution in [-0.2, 0) is 13.2 Å². The van der Waals surface area contributed by atoms with Crippen LogP contribution in [0, 0.1) is 6.92 Å². The van der Waals surface area contributed by atoms with E-state index in [0.717, 1.165) is 29.0 Å². The van der Waals surface area contributed by atoms with Crippen LogP contribution in [0.15, 0.2) is 36.7 Å². The summed E-state index contributed by atoms with van der Waals surface area (Å²) in [5, 5.41) is 3.74. The summed E-state index contributed by atoms with van der Waals surface area (Å²) in [5.41, 5.74) is 3.21. The van der Waals surface area contributed by atoms with Crippen LogP contribution in [0.25, 0.3) is 0 Å². The summed E-state index contributed by atoms with van der Waals surface area (Å²) < 4.78 is 5.85. The molecular formula is C15H17ClN2O. The number of pyridine rings is 1. The number of hydrogen-bond acceptors (Lipinski definition) is 3. The smallest absolute Gasteiger partial charge is 0.142 e. The Bertz CT molecular complexity index is 558. The molecule has 0 radical (unpaired) electrons. The van der Waals surface area contributed by atoms with Crippen molar-refractivity contribution in [2.45, 2.75) is 20.1 Å². The van der Waals surface area contributed by atoms with Crippen LogP contribution in [0.3, 0.4) is 0 Å². The van der Waals surface area contributed by atoms with Crippen molar-refractivity contribution in [3.8, 4) is 5.75 Å². The Labute approximate surface area is 118 Å². The van der Waals surface area contributed by atoms with E-state index in [9.17, 15) is 0 Å². The first-order chi connectivity index (χ1) is 9.20. The first-order valence-electron chi connectivity index (χ1n) is 6.16. The summed E-state index contributed by atoms with van der Waals surface area (Å²) in [6.07, 6.45) is 3.63. The van der Waals surface area contributed by atoms with Crippen LogP contribution in [0.4, 0.5) is 0 Å². The number of nitrogens with zero attached hydrogens (tertiary/aromatic N) is 1. The van der Waals surface area contributed by atoms with Gasteiger partial charge in [-0.1, -0.05) is 23.7 Å². The molecule has 0 fully saturated rings. The molecule has 0 bridgehead atoms. The van der Waals surface area contributed by atoms with Gasteiger partial charge in [-0.05, 0) is 31.7 Å². The minimum absolute atomic E-state index is 0.467. The van der Waals surface area contributed by atoms with Crippen molar-refractivity contribution in [2.75, 3.05) is 7.05 Å². The number of hydrogen-bond donors (Lipinski definition) is 1. The Balaban J connectivity index is 2.14. The van der Waals surface area contributed by atoms with Gasteiger partial charge in [0.1, 0.15) is 12.4 Å². The van der Waals surface area contributed by atoms with Crippen molar-refractivity contribution >= 4 is 11.6 Å². The highest BCUT2D eigenvalue weighted by molar-refractivity contribution is 6.32. The maximum atomic E-state index is 6.19. The molecule has 0 saturated carbocycles. The molecule has 4 heteroatoms. The van der Waals surface area contributed by atoms with E-state index >= 15 is 0 Å². The minimum atomic E-state index is 0.467. The Morgan fingerprint density at radius 1 is 1.32 bits per heavy atom. The number of benzene rings is 1. The van der Waals surface area contributed by atoms with Gasteiger partial charge in [0.25, 0.3) is 0 Å². The van der Waals surface area contributed by atoms with Crippen molar-refractivity contribution < 1.29 is 4.74 Å². The molecule has 19 heavy (non-hydrogen) atoms. The zero-order chi connectivity index (χ0) is 13.7. The number of nitrogens with one attached hydrogen (secondary N) is 1. The van der Waals surface area contributed by atoms with E-state index in [1.807, 2.05) is 44.6 Å². The van der Waals surface area contributed by atoms with Gasteiger partial charge in [0.2, 0.25) is 0 Å². The molecule has 2 aromatic rings. The Morgan fingerprint density at radius 2 is 2.16 bits per heavy atom. The van der Waals surface area contributed by atoms with Gasteiger partial charge >= 0.3 is 0 Å². The summed E-state index contributed by atoms with van der Waals surface area (Å²) in [4.78, 5) is 4.15. The molecule has 3 nitrogen and oxygen atoms in total. The summed E-state index contributed by atoms with van der Waals surface area (Å²) in [5.74, 6) is 0.736. The van der Waals surface area contributed by atoms with Gasteiger partial charge in [-0.2, -0.15) is 0 Å². The van der Waals surface area contributed by atoms with Gasteiger partial charge < -0.3 is 10.1 Å². The van der Waals surface area contributed by atoms with Gasteiger partial charge in [0, 0.05) is 30.1 Å². The van der Waals surface area contributed by atoms with Crippen molar-refractivity contribution in [1.29, 1.82) is 0 Å². The molecule has 1 N–H and O–H groups in total. The van der Waals surface area contributed by atoms with Crippen LogP contribution in [0.1, 0.15) is 16.7 Å². The fourth-order valence-electron chi connectivity index (χ4n) is 1.90. The molecule has 0 saturated heterocycles. The number of rotatable bonds is 5. The van der Waals surface area contributed by atoms with Gasteiger partial charge in [-0.3, -0.25) is 4.98 Å². The molecule has 100 valence electrons. The molecule has 1 aromatic carbocycles. The van der Waals surface area contributed by atoms with Gasteiger partial charge in [-0.25, -0.2) is 0 Å². The topological polar surface area (TPSA) is 34.1 Å². The molecule has 1 aromatic heterocycles. The summed E-state index contributed by atoms with van der Waals surface area (Å²) >= 11 is 6.19. The third-order valence-corrected chi connectivity index (χ3v) is 3.03. The normalized spacial score (nSPS) is 10.5. The molecule has 2 rings (SSSR count). The largest absolute Gasteiger partial charge is 0.487 e. The molecular weight excluding hydrogens is 260 g/mol. The van der Waals surface area contributed by atoms with Crippen LogP contribution in [0.5, 0.6) is 5.75 Å². The average molecular weight is 277 g/mol. The zero-order valence-electron chi connectivity index (χ0n) is 11.1. The van der Waals surface area contributed by atoms with Crippen molar-refractivity contribution in [2.24, 2.45) is 0 Å². The second kappa shape index (κ2) is 6.55. The van der Waals surface area contributed by atoms with E-state index in [1.165, 1.54) is 0 Å². The molecule has 0 amide bonds. The monoisotopic (exact) mass is 276 g/mol. The van der Waals surface area contributed by atoms with E-state index in [0.29, 0.717) is 11.6 Å². The molecule has 0 unspecified atom stereocenters. The molecule has 0 atom stereocenters. The van der Waals surface area contributed by atoms with E-state index in [4.69, 9.17) is 16.3 Å². The number of halogens is 1. The molecule has 0 aliphatic rings. The van der Waals surface area contributed by atoms with E-state index in [1.54, 1.807) is 0 Å². The maximum absolute atomic E-state index is 6.19. The summed E-state index contributed by atoms with van der Waals surface area (Å²) in [6, 6.07) is 7.83. The lowest BCUT2D eigenvalue weighted by molar-refractivity contribution is 0.302. The molecule has 1 heterocycles. The van der Waals surface area contributed by atoms with Crippen LogP contribution >= 0.6 is 11.6 Å². The fraction of sp³-hybridized carbons (Fsp3) is 0.267. The zero-order valence-corrected chi connectivity index (χ0v) is 11.9. The number of para-hydroxylation sites is 1. The highest BCUT2D eigenvalue weighted by Crippen LogP contribution is 2.29. The Kier molecular flexibility index (Phi) is 4.77. The maximum Gasteiger partial charge on any atom is 0.142 e. The van der Waals surface area contributed by atoms with E-state index in [2.05, 4.69) is 16.4 Å². The minimum Gasteiger partial charge on any atom is -0.487 e. The van der Waals surface area contributed by atoms with Crippen molar-refractivity contribution in [3.63, 3.8) is 0 Å². The number of ether oxygens (including phenoxy) is 1. The Hall–Kier alpha value is -1.58. The lowest BCUT2D eigenvalue weighted by atomic mass is 10.2. The third kappa shape index (κ3) is 3.69. The van der Waals surface area contributed by atoms with E-state index in [-0.39, 0.29) is 0 Å². The third-order valence-electron chi connectivity index (χ3n) is 2.73. The second-order valence-corrected chi connectivity index (χ2v) is 4.82. The van der Waals surface area contributed by atoms with Crippen LogP contribution < -0.4 is 10.1 Å². The predicted octanol–water partition coefficient (Wildman–Crippen LogP) is 3.34. The summed E-state index contributed by atoms with van der Waals surface area (Å²) in [6.45, 7) is 3.20. The van der Waals surface area contributed by atoms with Crippen molar-refractivity contribution in [3.05, 3.63) is 58.4 Å². The second-order valence-electron chi connectivity index (χ2n) is 4.42. The fourth-order valence-corrected chi connectivity index (χ4v) is 2.15. The number of aryl methyl sites for hydroxylation is 1. The van der Waals surface area contributed by atoms with Crippen molar-refractivity contribution in [1.82, 2.24) is 10.3 Å². The Morgan fingerprint density at radius 3 is 2.89 bits per heavy atom. The SMILES string of the molecule is CNCc1cccc(Cl)c1OCc1cncc(C)c1. The molecule has 0 aliphatic carbocycles. The lowest BCUT2D eigenvalue weighted by Gasteiger charge is -2.13. The van der Waals surface area contributed by atoms with Gasteiger partial charge in [0.15, 0.2) is 0 Å².